The first-order valence-corrected chi connectivity index (χ1v) is 9.14. The molecule has 1 aromatic carbocycles. The summed E-state index contributed by atoms with van der Waals surface area (Å²) in [6.45, 7) is 5.57. The largest absolute Gasteiger partial charge is 0.417 e. The molecule has 0 spiro atoms. The van der Waals surface area contributed by atoms with Crippen molar-refractivity contribution >= 4 is 23.2 Å². The number of halogens is 4. The van der Waals surface area contributed by atoms with Gasteiger partial charge in [0.2, 0.25) is 0 Å². The van der Waals surface area contributed by atoms with Crippen LogP contribution in [-0.4, -0.2) is 20.7 Å². The quantitative estimate of drug-likeness (QED) is 0.593. The molecule has 0 radical (unpaired) electrons. The molecule has 0 saturated carbocycles. The highest BCUT2D eigenvalue weighted by molar-refractivity contribution is 6.31. The summed E-state index contributed by atoms with van der Waals surface area (Å²) >= 11 is 6.10. The van der Waals surface area contributed by atoms with E-state index in [1.807, 2.05) is 20.8 Å². The molecule has 3 rings (SSSR count). The Morgan fingerprint density at radius 3 is 2.45 bits per heavy atom. The molecule has 29 heavy (non-hydrogen) atoms. The highest BCUT2D eigenvalue weighted by atomic mass is 35.5. The Labute approximate surface area is 170 Å². The van der Waals surface area contributed by atoms with Gasteiger partial charge in [0, 0.05) is 16.9 Å². The fraction of sp³-hybridized carbons (Fsp3) is 0.250. The van der Waals surface area contributed by atoms with Crippen molar-refractivity contribution in [3.63, 3.8) is 0 Å². The molecule has 0 bridgehead atoms. The summed E-state index contributed by atoms with van der Waals surface area (Å²) < 4.78 is 39.7. The number of pyridine rings is 1. The van der Waals surface area contributed by atoms with Gasteiger partial charge in [0.25, 0.3) is 5.91 Å². The molecule has 0 unspecified atom stereocenters. The lowest BCUT2D eigenvalue weighted by atomic mass is 10.1. The molecule has 0 aliphatic rings. The van der Waals surface area contributed by atoms with Crippen LogP contribution in [0.25, 0.3) is 5.82 Å². The summed E-state index contributed by atoms with van der Waals surface area (Å²) in [5.74, 6) is -0.338. The highest BCUT2D eigenvalue weighted by Crippen LogP contribution is 2.30. The van der Waals surface area contributed by atoms with Crippen LogP contribution in [0.15, 0.2) is 42.7 Å². The Morgan fingerprint density at radius 1 is 1.17 bits per heavy atom. The van der Waals surface area contributed by atoms with Crippen LogP contribution in [0.5, 0.6) is 0 Å². The van der Waals surface area contributed by atoms with Gasteiger partial charge < -0.3 is 5.32 Å². The maximum Gasteiger partial charge on any atom is 0.417 e. The van der Waals surface area contributed by atoms with Crippen LogP contribution in [0.1, 0.15) is 46.9 Å². The molecule has 2 aromatic heterocycles. The normalized spacial score (nSPS) is 11.7. The molecule has 0 aliphatic carbocycles. The van der Waals surface area contributed by atoms with E-state index in [0.29, 0.717) is 22.0 Å². The van der Waals surface area contributed by atoms with E-state index in [1.165, 1.54) is 16.9 Å². The smallest absolute Gasteiger partial charge is 0.322 e. The van der Waals surface area contributed by atoms with E-state index in [0.717, 1.165) is 17.8 Å². The minimum absolute atomic E-state index is 0.135. The van der Waals surface area contributed by atoms with Crippen LogP contribution >= 0.6 is 11.6 Å². The third-order valence-electron chi connectivity index (χ3n) is 4.32. The van der Waals surface area contributed by atoms with Gasteiger partial charge in [-0.1, -0.05) is 31.5 Å². The maximum atomic E-state index is 12.8. The van der Waals surface area contributed by atoms with Crippen molar-refractivity contribution in [2.45, 2.75) is 32.9 Å². The number of aromatic nitrogens is 3. The molecule has 3 aromatic rings. The minimum Gasteiger partial charge on any atom is -0.322 e. The van der Waals surface area contributed by atoms with Gasteiger partial charge in [-0.2, -0.15) is 18.3 Å². The molecule has 0 saturated heterocycles. The van der Waals surface area contributed by atoms with Crippen molar-refractivity contribution in [3.05, 3.63) is 70.1 Å². The zero-order valence-electron chi connectivity index (χ0n) is 15.9. The van der Waals surface area contributed by atoms with Crippen molar-refractivity contribution < 1.29 is 18.0 Å². The minimum atomic E-state index is -4.48. The molecule has 152 valence electrons. The van der Waals surface area contributed by atoms with E-state index in [-0.39, 0.29) is 11.7 Å². The zero-order chi connectivity index (χ0) is 21.3. The molecule has 1 N–H and O–H groups in total. The van der Waals surface area contributed by atoms with Gasteiger partial charge in [-0.15, -0.1) is 0 Å². The zero-order valence-corrected chi connectivity index (χ0v) is 16.6. The molecular formula is C20H18ClF3N4O. The predicted octanol–water partition coefficient (Wildman–Crippen LogP) is 5.62. The molecule has 5 nitrogen and oxygen atoms in total. The van der Waals surface area contributed by atoms with Crippen molar-refractivity contribution in [3.8, 4) is 5.82 Å². The molecule has 9 heteroatoms. The number of hydrogen-bond donors (Lipinski definition) is 1. The third-order valence-corrected chi connectivity index (χ3v) is 4.73. The molecule has 0 atom stereocenters. The number of benzene rings is 1. The van der Waals surface area contributed by atoms with Crippen molar-refractivity contribution in [2.75, 3.05) is 5.32 Å². The van der Waals surface area contributed by atoms with E-state index in [9.17, 15) is 18.0 Å². The highest BCUT2D eigenvalue weighted by Gasteiger charge is 2.31. The van der Waals surface area contributed by atoms with Crippen LogP contribution in [0.4, 0.5) is 18.9 Å². The van der Waals surface area contributed by atoms with E-state index in [2.05, 4.69) is 15.4 Å². The third kappa shape index (κ3) is 4.42. The number of rotatable bonds is 4. The Bertz CT molecular complexity index is 1040. The van der Waals surface area contributed by atoms with Crippen LogP contribution in [0.2, 0.25) is 5.02 Å². The standard InChI is InChI=1S/C20H18ClF3N4O/c1-11(2)18-15(19(29)27-14-6-4-12(3)16(21)8-14)10-26-28(18)17-7-5-13(9-25-17)20(22,23)24/h4-11H,1-3H3,(H,27,29). The number of nitrogens with one attached hydrogen (secondary N) is 1. The number of amides is 1. The second-order valence-corrected chi connectivity index (χ2v) is 7.24. The lowest BCUT2D eigenvalue weighted by molar-refractivity contribution is -0.137. The molecule has 0 fully saturated rings. The first-order valence-electron chi connectivity index (χ1n) is 8.77. The van der Waals surface area contributed by atoms with Gasteiger partial charge in [-0.25, -0.2) is 9.67 Å². The van der Waals surface area contributed by atoms with Crippen molar-refractivity contribution in [1.82, 2.24) is 14.8 Å². The number of aryl methyl sites for hydroxylation is 1. The van der Waals surface area contributed by atoms with Crippen LogP contribution in [0.3, 0.4) is 0 Å². The maximum absolute atomic E-state index is 12.8. The van der Waals surface area contributed by atoms with Crippen molar-refractivity contribution in [2.24, 2.45) is 0 Å². The Kier molecular flexibility index (Phi) is 5.66. The van der Waals surface area contributed by atoms with Gasteiger partial charge in [-0.3, -0.25) is 4.79 Å². The van der Waals surface area contributed by atoms with Gasteiger partial charge >= 0.3 is 6.18 Å². The number of carbonyl (C=O) groups excluding carboxylic acids is 1. The average molecular weight is 423 g/mol. The number of anilines is 1. The average Bonchev–Trinajstić information content (AvgIpc) is 3.10. The summed E-state index contributed by atoms with van der Waals surface area (Å²) in [7, 11) is 0. The number of nitrogens with zero attached hydrogens (tertiary/aromatic N) is 3. The Morgan fingerprint density at radius 2 is 1.90 bits per heavy atom. The van der Waals surface area contributed by atoms with Gasteiger partial charge in [0.15, 0.2) is 5.82 Å². The molecule has 0 aliphatic heterocycles. The lowest BCUT2D eigenvalue weighted by Gasteiger charge is -2.13. The fourth-order valence-electron chi connectivity index (χ4n) is 2.82. The summed E-state index contributed by atoms with van der Waals surface area (Å²) in [5.41, 5.74) is 1.40. The van der Waals surface area contributed by atoms with Crippen LogP contribution < -0.4 is 5.32 Å². The SMILES string of the molecule is Cc1ccc(NC(=O)c2cnn(-c3ccc(C(F)(F)F)cn3)c2C(C)C)cc1Cl. The Balaban J connectivity index is 1.94. The first kappa shape index (κ1) is 20.9. The van der Waals surface area contributed by atoms with E-state index >= 15 is 0 Å². The van der Waals surface area contributed by atoms with Crippen LogP contribution in [0, 0.1) is 6.92 Å². The second-order valence-electron chi connectivity index (χ2n) is 6.83. The number of carbonyl (C=O) groups is 1. The summed E-state index contributed by atoms with van der Waals surface area (Å²) in [4.78, 5) is 16.7. The Hall–Kier alpha value is -2.87. The first-order chi connectivity index (χ1) is 13.6. The summed E-state index contributed by atoms with van der Waals surface area (Å²) in [6, 6.07) is 7.32. The van der Waals surface area contributed by atoms with E-state index in [1.54, 1.807) is 18.2 Å². The van der Waals surface area contributed by atoms with Gasteiger partial charge in [0.1, 0.15) is 0 Å². The second kappa shape index (κ2) is 7.87. The van der Waals surface area contributed by atoms with Gasteiger partial charge in [0.05, 0.1) is 23.0 Å². The van der Waals surface area contributed by atoms with Gasteiger partial charge in [-0.05, 0) is 42.7 Å². The summed E-state index contributed by atoms with van der Waals surface area (Å²) in [5, 5.41) is 7.47. The molecule has 1 amide bonds. The number of hydrogen-bond acceptors (Lipinski definition) is 3. The van der Waals surface area contributed by atoms with Crippen LogP contribution in [-0.2, 0) is 6.18 Å². The molecular weight excluding hydrogens is 405 g/mol. The van der Waals surface area contributed by atoms with Crippen molar-refractivity contribution in [1.29, 1.82) is 0 Å². The summed E-state index contributed by atoms with van der Waals surface area (Å²) in [6.07, 6.45) is -2.36. The monoisotopic (exact) mass is 422 g/mol. The predicted molar refractivity (Wildman–Crippen MR) is 105 cm³/mol. The fourth-order valence-corrected chi connectivity index (χ4v) is 3.00. The lowest BCUT2D eigenvalue weighted by Crippen LogP contribution is -2.16. The topological polar surface area (TPSA) is 59.8 Å². The van der Waals surface area contributed by atoms with E-state index < -0.39 is 17.6 Å². The number of alkyl halides is 3. The van der Waals surface area contributed by atoms with E-state index in [4.69, 9.17) is 11.6 Å². The molecule has 2 heterocycles.